The number of aromatic amines is 2. The van der Waals surface area contributed by atoms with Crippen molar-refractivity contribution in [1.82, 2.24) is 15.0 Å². The van der Waals surface area contributed by atoms with Crippen molar-refractivity contribution in [2.45, 2.75) is 50.6 Å². The number of H-pyrrole nitrogens is 2. The lowest BCUT2D eigenvalue weighted by molar-refractivity contribution is -0.137. The molecule has 164 valence electrons. The van der Waals surface area contributed by atoms with E-state index in [0.717, 1.165) is 56.1 Å². The van der Waals surface area contributed by atoms with E-state index in [2.05, 4.69) is 39.3 Å². The average molecular weight is 448 g/mol. The largest absolute Gasteiger partial charge is 0.416 e. The highest BCUT2D eigenvalue weighted by Crippen LogP contribution is 2.41. The molecule has 0 bridgehead atoms. The molecule has 2 aliphatic carbocycles. The lowest BCUT2D eigenvalue weighted by Gasteiger charge is -2.33. The second kappa shape index (κ2) is 8.94. The van der Waals surface area contributed by atoms with Crippen molar-refractivity contribution in [2.75, 3.05) is 0 Å². The Hall–Kier alpha value is -2.48. The Kier molecular flexibility index (Phi) is 6.27. The molecule has 2 aromatic rings. The van der Waals surface area contributed by atoms with Crippen LogP contribution in [0.3, 0.4) is 0 Å². The Morgan fingerprint density at radius 1 is 1.13 bits per heavy atom. The molecule has 1 fully saturated rings. The molecule has 0 amide bonds. The van der Waals surface area contributed by atoms with Crippen LogP contribution in [0.15, 0.2) is 47.4 Å². The first-order valence-corrected chi connectivity index (χ1v) is 10.9. The van der Waals surface area contributed by atoms with Gasteiger partial charge in [0.05, 0.1) is 5.56 Å². The topological polar surface area (TPSA) is 61.5 Å². The Morgan fingerprint density at radius 2 is 1.90 bits per heavy atom. The fraction of sp³-hybridized carbons (Fsp3) is 0.435. The van der Waals surface area contributed by atoms with Gasteiger partial charge in [0.2, 0.25) is 0 Å². The van der Waals surface area contributed by atoms with Crippen molar-refractivity contribution in [3.8, 4) is 0 Å². The van der Waals surface area contributed by atoms with Gasteiger partial charge < -0.3 is 4.98 Å². The summed E-state index contributed by atoms with van der Waals surface area (Å²) < 4.78 is 39.5. The Bertz CT molecular complexity index is 1110. The minimum Gasteiger partial charge on any atom is -0.335 e. The predicted octanol–water partition coefficient (Wildman–Crippen LogP) is 5.84. The summed E-state index contributed by atoms with van der Waals surface area (Å²) in [7, 11) is 0. The molecule has 1 saturated carbocycles. The van der Waals surface area contributed by atoms with E-state index < -0.39 is 11.7 Å². The second-order valence-electron chi connectivity index (χ2n) is 8.34. The Balaban J connectivity index is 1.57. The predicted molar refractivity (Wildman–Crippen MR) is 115 cm³/mol. The normalized spacial score (nSPS) is 23.8. The molecule has 2 aromatic heterocycles. The van der Waals surface area contributed by atoms with Gasteiger partial charge in [-0.1, -0.05) is 24.3 Å². The van der Waals surface area contributed by atoms with Crippen molar-refractivity contribution in [3.05, 3.63) is 80.3 Å². The van der Waals surface area contributed by atoms with Crippen molar-refractivity contribution in [1.29, 1.82) is 0 Å². The first kappa shape index (κ1) is 21.7. The summed E-state index contributed by atoms with van der Waals surface area (Å²) in [5, 5.41) is 0. The third-order valence-electron chi connectivity index (χ3n) is 6.38. The van der Waals surface area contributed by atoms with Gasteiger partial charge in [-0.2, -0.15) is 13.2 Å². The number of nitrogens with zero attached hydrogens (tertiary/aromatic N) is 1. The van der Waals surface area contributed by atoms with Gasteiger partial charge in [0.1, 0.15) is 0 Å². The standard InChI is InChI=1S/C23H24F3N3OS/c24-23(25,26)17-10-11-27-18(12-17)13-19-20(28-22(31)29-21(19)30)16-8-6-15(7-9-16)14-4-2-1-3-5-14/h1-4,10-12,14-16H,5-9,13H2,(H2,28,29,30,31). The van der Waals surface area contributed by atoms with E-state index in [4.69, 9.17) is 12.2 Å². The molecule has 2 aliphatic rings. The number of rotatable bonds is 4. The number of nitrogens with one attached hydrogen (secondary N) is 2. The summed E-state index contributed by atoms with van der Waals surface area (Å²) in [6.07, 6.45) is 10.3. The summed E-state index contributed by atoms with van der Waals surface area (Å²) in [5.74, 6) is 1.29. The van der Waals surface area contributed by atoms with Crippen molar-refractivity contribution < 1.29 is 13.2 Å². The van der Waals surface area contributed by atoms with Gasteiger partial charge in [-0.3, -0.25) is 14.8 Å². The molecule has 31 heavy (non-hydrogen) atoms. The Labute approximate surface area is 183 Å². The third-order valence-corrected chi connectivity index (χ3v) is 6.58. The summed E-state index contributed by atoms with van der Waals surface area (Å²) in [6.45, 7) is 0. The van der Waals surface area contributed by atoms with Crippen LogP contribution in [0.4, 0.5) is 13.2 Å². The molecule has 1 atom stereocenters. The van der Waals surface area contributed by atoms with Gasteiger partial charge in [0.25, 0.3) is 5.56 Å². The van der Waals surface area contributed by atoms with Crippen LogP contribution in [-0.4, -0.2) is 15.0 Å². The third kappa shape index (κ3) is 5.06. The number of allylic oxidation sites excluding steroid dienone is 4. The quantitative estimate of drug-likeness (QED) is 0.579. The maximum Gasteiger partial charge on any atom is 0.416 e. The number of halogens is 3. The first-order valence-electron chi connectivity index (χ1n) is 10.5. The molecule has 4 rings (SSSR count). The van der Waals surface area contributed by atoms with Crippen LogP contribution < -0.4 is 5.56 Å². The molecular formula is C23H24F3N3OS. The van der Waals surface area contributed by atoms with Gasteiger partial charge in [-0.05, 0) is 74.2 Å². The van der Waals surface area contributed by atoms with Crippen LogP contribution in [0, 0.1) is 16.6 Å². The maximum absolute atomic E-state index is 13.1. The lowest BCUT2D eigenvalue weighted by atomic mass is 9.72. The summed E-state index contributed by atoms with van der Waals surface area (Å²) in [4.78, 5) is 22.5. The van der Waals surface area contributed by atoms with E-state index in [0.29, 0.717) is 17.4 Å². The number of alkyl halides is 3. The van der Waals surface area contributed by atoms with Crippen LogP contribution in [-0.2, 0) is 12.6 Å². The van der Waals surface area contributed by atoms with Crippen LogP contribution >= 0.6 is 12.2 Å². The number of hydrogen-bond donors (Lipinski definition) is 2. The van der Waals surface area contributed by atoms with E-state index in [1.54, 1.807) is 0 Å². The molecule has 2 N–H and O–H groups in total. The lowest BCUT2D eigenvalue weighted by Crippen LogP contribution is -2.25. The highest BCUT2D eigenvalue weighted by molar-refractivity contribution is 7.71. The smallest absolute Gasteiger partial charge is 0.335 e. The Morgan fingerprint density at radius 3 is 2.58 bits per heavy atom. The second-order valence-corrected chi connectivity index (χ2v) is 8.74. The molecule has 0 aliphatic heterocycles. The van der Waals surface area contributed by atoms with Gasteiger partial charge in [0, 0.05) is 29.6 Å². The van der Waals surface area contributed by atoms with E-state index >= 15 is 0 Å². The molecule has 1 unspecified atom stereocenters. The molecule has 0 radical (unpaired) electrons. The average Bonchev–Trinajstić information content (AvgIpc) is 2.76. The van der Waals surface area contributed by atoms with Crippen molar-refractivity contribution in [2.24, 2.45) is 11.8 Å². The fourth-order valence-electron chi connectivity index (χ4n) is 4.77. The highest BCUT2D eigenvalue weighted by Gasteiger charge is 2.32. The van der Waals surface area contributed by atoms with E-state index in [-0.39, 0.29) is 28.4 Å². The van der Waals surface area contributed by atoms with Crippen molar-refractivity contribution in [3.63, 3.8) is 0 Å². The van der Waals surface area contributed by atoms with Gasteiger partial charge in [-0.25, -0.2) is 0 Å². The molecule has 8 heteroatoms. The zero-order valence-corrected chi connectivity index (χ0v) is 17.7. The van der Waals surface area contributed by atoms with Gasteiger partial charge >= 0.3 is 6.18 Å². The monoisotopic (exact) mass is 447 g/mol. The first-order chi connectivity index (χ1) is 14.8. The van der Waals surface area contributed by atoms with Crippen molar-refractivity contribution >= 4 is 12.2 Å². The van der Waals surface area contributed by atoms with Crippen LogP contribution in [0.2, 0.25) is 0 Å². The van der Waals surface area contributed by atoms with E-state index in [1.165, 1.54) is 0 Å². The SMILES string of the molecule is O=c1[nH]c(=S)[nH]c(C2CCC(C3C=CC=CC3)CC2)c1Cc1cc(C(F)(F)F)ccn1. The maximum atomic E-state index is 13.1. The minimum atomic E-state index is -4.45. The zero-order chi connectivity index (χ0) is 22.0. The number of pyridine rings is 1. The van der Waals surface area contributed by atoms with E-state index in [9.17, 15) is 18.0 Å². The number of aromatic nitrogens is 3. The molecule has 0 spiro atoms. The fourth-order valence-corrected chi connectivity index (χ4v) is 4.97. The van der Waals surface area contributed by atoms with E-state index in [1.807, 2.05) is 0 Å². The van der Waals surface area contributed by atoms with Gasteiger partial charge in [-0.15, -0.1) is 0 Å². The van der Waals surface area contributed by atoms with Crippen LogP contribution in [0.5, 0.6) is 0 Å². The number of hydrogen-bond acceptors (Lipinski definition) is 3. The highest BCUT2D eigenvalue weighted by atomic mass is 32.1. The molecular weight excluding hydrogens is 423 g/mol. The minimum absolute atomic E-state index is 0.0246. The molecule has 0 aromatic carbocycles. The van der Waals surface area contributed by atoms with Crippen LogP contribution in [0.1, 0.15) is 60.5 Å². The summed E-state index contributed by atoms with van der Waals surface area (Å²) >= 11 is 5.18. The molecule has 2 heterocycles. The summed E-state index contributed by atoms with van der Waals surface area (Å²) in [5.41, 5.74) is 0.240. The molecule has 4 nitrogen and oxygen atoms in total. The zero-order valence-electron chi connectivity index (χ0n) is 16.9. The molecule has 0 saturated heterocycles. The summed E-state index contributed by atoms with van der Waals surface area (Å²) in [6, 6.07) is 1.94. The van der Waals surface area contributed by atoms with Crippen LogP contribution in [0.25, 0.3) is 0 Å². The van der Waals surface area contributed by atoms with Gasteiger partial charge in [0.15, 0.2) is 4.77 Å².